The highest BCUT2D eigenvalue weighted by molar-refractivity contribution is 7.32. The molecule has 0 radical (unpaired) electrons. The molecule has 1 unspecified atom stereocenters. The smallest absolute Gasteiger partial charge is 0.318 e. The third-order valence-electron chi connectivity index (χ3n) is 0.800. The van der Waals surface area contributed by atoms with Crippen LogP contribution >= 0.6 is 8.25 Å². The van der Waals surface area contributed by atoms with Crippen LogP contribution in [0.15, 0.2) is 0 Å². The molecule has 0 aliphatic rings. The standard InChI is InChI=1S/C4H10.C2H7O4P/c1-3-4-2;1-5-2-6-7(3)4/h3-4H2,1-2H3;7H,2H2,1H3,(H,3,4). The molecule has 0 fully saturated rings. The van der Waals surface area contributed by atoms with Gasteiger partial charge in [0.2, 0.25) is 0 Å². The molecule has 5 heteroatoms. The van der Waals surface area contributed by atoms with Gasteiger partial charge in [-0.25, -0.2) is 0 Å². The summed E-state index contributed by atoms with van der Waals surface area (Å²) in [5.74, 6) is 0. The van der Waals surface area contributed by atoms with Crippen molar-refractivity contribution >= 4 is 8.25 Å². The largest absolute Gasteiger partial charge is 0.358 e. The van der Waals surface area contributed by atoms with E-state index in [9.17, 15) is 4.57 Å². The molecule has 1 N–H and O–H groups in total. The normalized spacial score (nSPS) is 11.6. The van der Waals surface area contributed by atoms with Gasteiger partial charge in [-0.1, -0.05) is 26.7 Å². The second kappa shape index (κ2) is 12.8. The van der Waals surface area contributed by atoms with Crippen molar-refractivity contribution in [3.8, 4) is 0 Å². The van der Waals surface area contributed by atoms with Crippen molar-refractivity contribution < 1.29 is 18.7 Å². The average Bonchev–Trinajstić information content (AvgIpc) is 2.01. The third kappa shape index (κ3) is 25.5. The van der Waals surface area contributed by atoms with Gasteiger partial charge in [0, 0.05) is 7.11 Å². The van der Waals surface area contributed by atoms with Gasteiger partial charge in [0.25, 0.3) is 0 Å². The highest BCUT2D eigenvalue weighted by atomic mass is 31.1. The van der Waals surface area contributed by atoms with E-state index in [-0.39, 0.29) is 6.79 Å². The first-order chi connectivity index (χ1) is 5.18. The molecule has 0 saturated heterocycles. The van der Waals surface area contributed by atoms with Crippen molar-refractivity contribution in [1.29, 1.82) is 0 Å². The second-order valence-corrected chi connectivity index (χ2v) is 2.64. The fourth-order valence-electron chi connectivity index (χ4n) is 0.109. The Morgan fingerprint density at radius 2 is 1.82 bits per heavy atom. The lowest BCUT2D eigenvalue weighted by Crippen LogP contribution is -1.86. The monoisotopic (exact) mass is 184 g/mol. The predicted octanol–water partition coefficient (Wildman–Crippen LogP) is 1.80. The van der Waals surface area contributed by atoms with Crippen LogP contribution in [0, 0.1) is 0 Å². The summed E-state index contributed by atoms with van der Waals surface area (Å²) in [5.41, 5.74) is 0. The molecule has 0 aliphatic carbocycles. The second-order valence-electron chi connectivity index (χ2n) is 1.82. The summed E-state index contributed by atoms with van der Waals surface area (Å²) in [4.78, 5) is 7.93. The van der Waals surface area contributed by atoms with E-state index >= 15 is 0 Å². The molecule has 0 aromatic carbocycles. The molecular weight excluding hydrogens is 167 g/mol. The Labute approximate surface area is 68.5 Å². The first-order valence-electron chi connectivity index (χ1n) is 3.53. The molecule has 0 aliphatic heterocycles. The Morgan fingerprint density at radius 3 is 1.91 bits per heavy atom. The van der Waals surface area contributed by atoms with Crippen molar-refractivity contribution in [2.24, 2.45) is 0 Å². The minimum Gasteiger partial charge on any atom is -0.358 e. The predicted molar refractivity (Wildman–Crippen MR) is 44.8 cm³/mol. The van der Waals surface area contributed by atoms with Crippen LogP contribution < -0.4 is 0 Å². The van der Waals surface area contributed by atoms with E-state index in [0.29, 0.717) is 0 Å². The summed E-state index contributed by atoms with van der Waals surface area (Å²) in [6.45, 7) is 4.24. The molecule has 0 spiro atoms. The minimum absolute atomic E-state index is 0.117. The van der Waals surface area contributed by atoms with E-state index in [2.05, 4.69) is 23.1 Å². The van der Waals surface area contributed by atoms with Gasteiger partial charge in [0.05, 0.1) is 0 Å². The van der Waals surface area contributed by atoms with E-state index in [1.165, 1.54) is 20.0 Å². The van der Waals surface area contributed by atoms with Crippen LogP contribution in [0.2, 0.25) is 0 Å². The van der Waals surface area contributed by atoms with E-state index in [1.807, 2.05) is 0 Å². The molecule has 11 heavy (non-hydrogen) atoms. The van der Waals surface area contributed by atoms with Gasteiger partial charge in [-0.05, 0) is 0 Å². The summed E-state index contributed by atoms with van der Waals surface area (Å²) < 4.78 is 18.0. The lowest BCUT2D eigenvalue weighted by atomic mass is 10.4. The molecule has 4 nitrogen and oxygen atoms in total. The van der Waals surface area contributed by atoms with Gasteiger partial charge in [-0.2, -0.15) is 0 Å². The van der Waals surface area contributed by atoms with Crippen LogP contribution in [0.1, 0.15) is 26.7 Å². The number of ether oxygens (including phenoxy) is 1. The lowest BCUT2D eigenvalue weighted by molar-refractivity contribution is 0.0489. The van der Waals surface area contributed by atoms with Gasteiger partial charge in [-0.3, -0.25) is 9.09 Å². The Morgan fingerprint density at radius 1 is 1.36 bits per heavy atom. The zero-order valence-corrected chi connectivity index (χ0v) is 8.29. The van der Waals surface area contributed by atoms with Crippen molar-refractivity contribution in [3.63, 3.8) is 0 Å². The van der Waals surface area contributed by atoms with Crippen LogP contribution in [-0.2, 0) is 13.8 Å². The molecule has 1 atom stereocenters. The molecule has 0 rings (SSSR count). The maximum Gasteiger partial charge on any atom is 0.318 e. The Hall–Kier alpha value is 0.110. The fourth-order valence-corrected chi connectivity index (χ4v) is 0.328. The van der Waals surface area contributed by atoms with Crippen LogP contribution in [0.5, 0.6) is 0 Å². The number of rotatable bonds is 4. The van der Waals surface area contributed by atoms with Gasteiger partial charge >= 0.3 is 8.25 Å². The van der Waals surface area contributed by atoms with Gasteiger partial charge in [0.1, 0.15) is 0 Å². The summed E-state index contributed by atoms with van der Waals surface area (Å²) in [7, 11) is -1.39. The van der Waals surface area contributed by atoms with E-state index in [1.54, 1.807) is 0 Å². The first kappa shape index (κ1) is 13.7. The van der Waals surface area contributed by atoms with Gasteiger partial charge in [0.15, 0.2) is 6.79 Å². The fraction of sp³-hybridized carbons (Fsp3) is 1.00. The molecular formula is C6H17O4P. The summed E-state index contributed by atoms with van der Waals surface area (Å²) in [6, 6.07) is 0. The topological polar surface area (TPSA) is 55.8 Å². The van der Waals surface area contributed by atoms with Crippen LogP contribution in [0.4, 0.5) is 0 Å². The minimum atomic E-state index is -2.77. The van der Waals surface area contributed by atoms with Crippen molar-refractivity contribution in [2.75, 3.05) is 13.9 Å². The Bertz CT molecular complexity index is 84.7. The zero-order valence-electron chi connectivity index (χ0n) is 7.29. The Balaban J connectivity index is 0. The average molecular weight is 184 g/mol. The molecule has 0 aromatic heterocycles. The van der Waals surface area contributed by atoms with Crippen molar-refractivity contribution in [1.82, 2.24) is 0 Å². The van der Waals surface area contributed by atoms with Gasteiger partial charge < -0.3 is 9.63 Å². The number of unbranched alkanes of at least 4 members (excludes halogenated alkanes) is 1. The number of methoxy groups -OCH3 is 1. The molecule has 0 aromatic rings. The highest BCUT2D eigenvalue weighted by Crippen LogP contribution is 2.12. The zero-order chi connectivity index (χ0) is 9.11. The maximum absolute atomic E-state index is 9.64. The molecule has 0 saturated carbocycles. The van der Waals surface area contributed by atoms with Crippen molar-refractivity contribution in [3.05, 3.63) is 0 Å². The molecule has 70 valence electrons. The maximum atomic E-state index is 9.64. The molecule has 0 bridgehead atoms. The molecule has 0 heterocycles. The quantitative estimate of drug-likeness (QED) is 0.534. The van der Waals surface area contributed by atoms with Crippen molar-refractivity contribution in [2.45, 2.75) is 26.7 Å². The van der Waals surface area contributed by atoms with Crippen LogP contribution in [-0.4, -0.2) is 18.8 Å². The van der Waals surface area contributed by atoms with E-state index in [4.69, 9.17) is 4.89 Å². The summed E-state index contributed by atoms with van der Waals surface area (Å²) >= 11 is 0. The lowest BCUT2D eigenvalue weighted by Gasteiger charge is -1.92. The first-order valence-corrected chi connectivity index (χ1v) is 4.80. The third-order valence-corrected chi connectivity index (χ3v) is 1.17. The summed E-state index contributed by atoms with van der Waals surface area (Å²) in [6.07, 6.45) is 2.64. The summed E-state index contributed by atoms with van der Waals surface area (Å²) in [5, 5.41) is 0. The number of hydrogen-bond donors (Lipinski definition) is 1. The highest BCUT2D eigenvalue weighted by Gasteiger charge is 1.85. The van der Waals surface area contributed by atoms with Gasteiger partial charge in [-0.15, -0.1) is 0 Å². The Kier molecular flexibility index (Phi) is 15.9. The number of hydrogen-bond acceptors (Lipinski definition) is 3. The SMILES string of the molecule is CCCC.COCO[PH](=O)O. The van der Waals surface area contributed by atoms with Crippen LogP contribution in [0.3, 0.4) is 0 Å². The molecule has 0 amide bonds. The van der Waals surface area contributed by atoms with Crippen LogP contribution in [0.25, 0.3) is 0 Å². The van der Waals surface area contributed by atoms with E-state index in [0.717, 1.165) is 0 Å². The van der Waals surface area contributed by atoms with E-state index < -0.39 is 8.25 Å².